The highest BCUT2D eigenvalue weighted by molar-refractivity contribution is 6.32. The van der Waals surface area contributed by atoms with E-state index in [1.165, 1.54) is 18.2 Å². The molecule has 6 nitrogen and oxygen atoms in total. The molecule has 0 bridgehead atoms. The minimum atomic E-state index is -0.550. The zero-order valence-corrected chi connectivity index (χ0v) is 14.7. The van der Waals surface area contributed by atoms with Gasteiger partial charge in [-0.25, -0.2) is 0 Å². The van der Waals surface area contributed by atoms with Crippen LogP contribution in [0.5, 0.6) is 0 Å². The van der Waals surface area contributed by atoms with Crippen molar-refractivity contribution in [3.05, 3.63) is 74.8 Å². The second kappa shape index (κ2) is 8.12. The largest absolute Gasteiger partial charge is 0.378 e. The average molecular weight is 373 g/mol. The number of hydrogen-bond donors (Lipinski definition) is 0. The van der Waals surface area contributed by atoms with Gasteiger partial charge in [0.2, 0.25) is 0 Å². The number of nitro groups is 1. The van der Waals surface area contributed by atoms with Crippen LogP contribution in [-0.4, -0.2) is 37.0 Å². The van der Waals surface area contributed by atoms with Crippen LogP contribution in [0.15, 0.2) is 48.5 Å². The first-order chi connectivity index (χ1) is 12.5. The van der Waals surface area contributed by atoms with Crippen molar-refractivity contribution in [3.63, 3.8) is 0 Å². The maximum Gasteiger partial charge on any atom is 0.288 e. The normalized spacial score (nSPS) is 14.6. The predicted octanol–water partition coefficient (Wildman–Crippen LogP) is 3.98. The molecule has 0 spiro atoms. The summed E-state index contributed by atoms with van der Waals surface area (Å²) in [7, 11) is 0. The van der Waals surface area contributed by atoms with Crippen molar-refractivity contribution in [1.29, 1.82) is 0 Å². The first-order valence-corrected chi connectivity index (χ1v) is 8.51. The summed E-state index contributed by atoms with van der Waals surface area (Å²) in [5.41, 5.74) is 1.97. The summed E-state index contributed by atoms with van der Waals surface area (Å²) in [5.74, 6) is -0.170. The summed E-state index contributed by atoms with van der Waals surface area (Å²) in [6.45, 7) is 3.08. The molecule has 0 atom stereocenters. The second-order valence-corrected chi connectivity index (χ2v) is 6.22. The number of benzene rings is 2. The Bertz CT molecular complexity index is 843. The number of ether oxygens (including phenoxy) is 1. The molecule has 0 unspecified atom stereocenters. The van der Waals surface area contributed by atoms with Crippen LogP contribution in [0, 0.1) is 10.1 Å². The fourth-order valence-corrected chi connectivity index (χ4v) is 2.89. The zero-order chi connectivity index (χ0) is 18.5. The molecule has 134 valence electrons. The molecule has 3 rings (SSSR count). The van der Waals surface area contributed by atoms with Crippen LogP contribution in [-0.2, 0) is 4.74 Å². The molecule has 26 heavy (non-hydrogen) atoms. The van der Waals surface area contributed by atoms with Crippen molar-refractivity contribution in [2.75, 3.05) is 31.2 Å². The maximum atomic E-state index is 12.3. The number of halogens is 1. The number of morpholine rings is 1. The van der Waals surface area contributed by atoms with Gasteiger partial charge in [0.05, 0.1) is 18.1 Å². The standard InChI is InChI=1S/C19H17ClN2O4/c20-17-7-1-14(13-18(17)22(24)25)2-8-19(23)15-3-5-16(6-4-15)21-9-11-26-12-10-21/h1-8,13H,9-12H2. The van der Waals surface area contributed by atoms with Gasteiger partial charge in [-0.2, -0.15) is 0 Å². The van der Waals surface area contributed by atoms with Crippen molar-refractivity contribution >= 4 is 34.8 Å². The Hall–Kier alpha value is -2.70. The first-order valence-electron chi connectivity index (χ1n) is 8.14. The molecular formula is C19H17ClN2O4. The number of carbonyl (C=O) groups excluding carboxylic acids is 1. The number of anilines is 1. The van der Waals surface area contributed by atoms with Crippen LogP contribution in [0.1, 0.15) is 15.9 Å². The van der Waals surface area contributed by atoms with Gasteiger partial charge in [-0.1, -0.05) is 23.7 Å². The Morgan fingerprint density at radius 2 is 1.85 bits per heavy atom. The monoisotopic (exact) mass is 372 g/mol. The van der Waals surface area contributed by atoms with Crippen molar-refractivity contribution in [2.24, 2.45) is 0 Å². The lowest BCUT2D eigenvalue weighted by Gasteiger charge is -2.28. The predicted molar refractivity (Wildman–Crippen MR) is 101 cm³/mol. The van der Waals surface area contributed by atoms with Crippen LogP contribution in [0.4, 0.5) is 11.4 Å². The molecule has 0 amide bonds. The highest BCUT2D eigenvalue weighted by atomic mass is 35.5. The van der Waals surface area contributed by atoms with Gasteiger partial charge < -0.3 is 9.64 Å². The highest BCUT2D eigenvalue weighted by Crippen LogP contribution is 2.25. The van der Waals surface area contributed by atoms with Gasteiger partial charge in [-0.3, -0.25) is 14.9 Å². The minimum absolute atomic E-state index is 0.0668. The molecule has 0 aliphatic carbocycles. The van der Waals surface area contributed by atoms with E-state index in [9.17, 15) is 14.9 Å². The zero-order valence-electron chi connectivity index (χ0n) is 13.9. The molecule has 2 aromatic carbocycles. The second-order valence-electron chi connectivity index (χ2n) is 5.81. The van der Waals surface area contributed by atoms with Crippen LogP contribution in [0.2, 0.25) is 5.02 Å². The van der Waals surface area contributed by atoms with Crippen molar-refractivity contribution in [2.45, 2.75) is 0 Å². The van der Waals surface area contributed by atoms with E-state index in [4.69, 9.17) is 16.3 Å². The van der Waals surface area contributed by atoms with Gasteiger partial charge in [0, 0.05) is 30.4 Å². The molecule has 1 aliphatic rings. The van der Waals surface area contributed by atoms with E-state index in [2.05, 4.69) is 4.90 Å². The third-order valence-electron chi connectivity index (χ3n) is 4.12. The number of hydrogen-bond acceptors (Lipinski definition) is 5. The third kappa shape index (κ3) is 4.28. The van der Waals surface area contributed by atoms with E-state index in [1.54, 1.807) is 24.3 Å². The van der Waals surface area contributed by atoms with Gasteiger partial charge in [-0.05, 0) is 42.0 Å². The SMILES string of the molecule is O=C(C=Cc1ccc(Cl)c([N+](=O)[O-])c1)c1ccc(N2CCOCC2)cc1. The Balaban J connectivity index is 1.70. The lowest BCUT2D eigenvalue weighted by molar-refractivity contribution is -0.384. The molecule has 1 heterocycles. The molecule has 1 fully saturated rings. The van der Waals surface area contributed by atoms with E-state index in [0.717, 1.165) is 18.8 Å². The smallest absolute Gasteiger partial charge is 0.288 e. The van der Waals surface area contributed by atoms with Crippen molar-refractivity contribution in [1.82, 2.24) is 0 Å². The van der Waals surface area contributed by atoms with Crippen molar-refractivity contribution < 1.29 is 14.5 Å². The lowest BCUT2D eigenvalue weighted by atomic mass is 10.1. The lowest BCUT2D eigenvalue weighted by Crippen LogP contribution is -2.36. The van der Waals surface area contributed by atoms with Gasteiger partial charge in [0.25, 0.3) is 5.69 Å². The van der Waals surface area contributed by atoms with Crippen LogP contribution in [0.25, 0.3) is 6.08 Å². The van der Waals surface area contributed by atoms with Crippen molar-refractivity contribution in [3.8, 4) is 0 Å². The molecular weight excluding hydrogens is 356 g/mol. The maximum absolute atomic E-state index is 12.3. The molecule has 0 aromatic heterocycles. The van der Waals surface area contributed by atoms with Gasteiger partial charge in [0.1, 0.15) is 5.02 Å². The third-order valence-corrected chi connectivity index (χ3v) is 4.44. The fourth-order valence-electron chi connectivity index (χ4n) is 2.70. The van der Waals surface area contributed by atoms with Crippen LogP contribution >= 0.6 is 11.6 Å². The summed E-state index contributed by atoms with van der Waals surface area (Å²) in [5, 5.41) is 11.0. The molecule has 0 saturated carbocycles. The summed E-state index contributed by atoms with van der Waals surface area (Å²) < 4.78 is 5.33. The van der Waals surface area contributed by atoms with E-state index in [0.29, 0.717) is 24.3 Å². The number of nitrogens with zero attached hydrogens (tertiary/aromatic N) is 2. The summed E-state index contributed by atoms with van der Waals surface area (Å²) in [4.78, 5) is 24.9. The molecule has 2 aromatic rings. The van der Waals surface area contributed by atoms with E-state index >= 15 is 0 Å². The molecule has 0 radical (unpaired) electrons. The number of ketones is 1. The summed E-state index contributed by atoms with van der Waals surface area (Å²) >= 11 is 5.78. The van der Waals surface area contributed by atoms with Crippen LogP contribution < -0.4 is 4.90 Å². The summed E-state index contributed by atoms with van der Waals surface area (Å²) in [6, 6.07) is 11.8. The quantitative estimate of drug-likeness (QED) is 0.343. The average Bonchev–Trinajstić information content (AvgIpc) is 2.67. The van der Waals surface area contributed by atoms with E-state index < -0.39 is 4.92 Å². The minimum Gasteiger partial charge on any atom is -0.378 e. The number of carbonyl (C=O) groups is 1. The highest BCUT2D eigenvalue weighted by Gasteiger charge is 2.13. The Morgan fingerprint density at radius 1 is 1.15 bits per heavy atom. The van der Waals surface area contributed by atoms with E-state index in [1.807, 2.05) is 12.1 Å². The van der Waals surface area contributed by atoms with Gasteiger partial charge in [-0.15, -0.1) is 0 Å². The molecule has 7 heteroatoms. The Labute approximate surface area is 155 Å². The van der Waals surface area contributed by atoms with E-state index in [-0.39, 0.29) is 16.5 Å². The topological polar surface area (TPSA) is 72.7 Å². The van der Waals surface area contributed by atoms with Crippen LogP contribution in [0.3, 0.4) is 0 Å². The first kappa shape index (κ1) is 18.1. The molecule has 1 aliphatic heterocycles. The summed E-state index contributed by atoms with van der Waals surface area (Å²) in [6.07, 6.45) is 2.94. The number of allylic oxidation sites excluding steroid dienone is 1. The van der Waals surface area contributed by atoms with Gasteiger partial charge in [0.15, 0.2) is 5.78 Å². The van der Waals surface area contributed by atoms with Gasteiger partial charge >= 0.3 is 0 Å². The number of rotatable bonds is 5. The number of nitro benzene ring substituents is 1. The molecule has 1 saturated heterocycles. The fraction of sp³-hybridized carbons (Fsp3) is 0.211. The molecule has 0 N–H and O–H groups in total. The Kier molecular flexibility index (Phi) is 5.65. The Morgan fingerprint density at radius 3 is 2.50 bits per heavy atom.